The fourth-order valence-electron chi connectivity index (χ4n) is 2.44. The quantitative estimate of drug-likeness (QED) is 0.828. The van der Waals surface area contributed by atoms with Gasteiger partial charge in [0.1, 0.15) is 0 Å². The zero-order valence-electron chi connectivity index (χ0n) is 11.6. The van der Waals surface area contributed by atoms with Crippen molar-refractivity contribution in [2.45, 2.75) is 25.9 Å². The third kappa shape index (κ3) is 3.37. The average Bonchev–Trinajstić information content (AvgIpc) is 2.63. The lowest BCUT2D eigenvalue weighted by molar-refractivity contribution is -0.138. The van der Waals surface area contributed by atoms with Crippen molar-refractivity contribution in [1.29, 1.82) is 0 Å². The van der Waals surface area contributed by atoms with Crippen LogP contribution in [0.25, 0.3) is 0 Å². The van der Waals surface area contributed by atoms with Crippen LogP contribution in [-0.4, -0.2) is 58.3 Å². The summed E-state index contributed by atoms with van der Waals surface area (Å²) in [6.45, 7) is 2.84. The number of carbonyl (C=O) groups is 1. The highest BCUT2D eigenvalue weighted by molar-refractivity contribution is 7.91. The van der Waals surface area contributed by atoms with Gasteiger partial charge in [-0.05, 0) is 6.92 Å². The number of nitrogens with zero attached hydrogens (tertiary/aromatic N) is 3. The van der Waals surface area contributed by atoms with Crippen LogP contribution in [0.5, 0.6) is 0 Å². The average molecular weight is 301 g/mol. The molecule has 2 heterocycles. The molecule has 0 aliphatic carbocycles. The molecule has 0 aromatic carbocycles. The van der Waals surface area contributed by atoms with Gasteiger partial charge < -0.3 is 5.11 Å². The number of aromatic nitrogens is 2. The minimum Gasteiger partial charge on any atom is -0.481 e. The summed E-state index contributed by atoms with van der Waals surface area (Å²) in [5, 5.41) is 13.1. The van der Waals surface area contributed by atoms with Gasteiger partial charge in [-0.15, -0.1) is 0 Å². The molecule has 1 fully saturated rings. The zero-order valence-corrected chi connectivity index (χ0v) is 12.4. The standard InChI is InChI=1S/C12H19N3O4S/c1-9-10(6-13-14(9)2)7-15-3-4-20(18,19)8-11(15)5-12(16)17/h6,11H,3-5,7-8H2,1-2H3,(H,16,17). The molecule has 1 N–H and O–H groups in total. The number of hydrogen-bond donors (Lipinski definition) is 1. The Morgan fingerprint density at radius 1 is 1.55 bits per heavy atom. The second-order valence-corrected chi connectivity index (χ2v) is 7.44. The van der Waals surface area contributed by atoms with E-state index < -0.39 is 21.8 Å². The van der Waals surface area contributed by atoms with Gasteiger partial charge in [-0.2, -0.15) is 5.10 Å². The number of rotatable bonds is 4. The third-order valence-electron chi connectivity index (χ3n) is 3.77. The van der Waals surface area contributed by atoms with E-state index in [-0.39, 0.29) is 17.9 Å². The molecule has 1 aromatic heterocycles. The van der Waals surface area contributed by atoms with Crippen LogP contribution in [0.4, 0.5) is 0 Å². The van der Waals surface area contributed by atoms with Gasteiger partial charge in [-0.3, -0.25) is 14.4 Å². The highest BCUT2D eigenvalue weighted by Gasteiger charge is 2.32. The zero-order chi connectivity index (χ0) is 14.9. The van der Waals surface area contributed by atoms with E-state index in [4.69, 9.17) is 5.11 Å². The molecule has 112 valence electrons. The third-order valence-corrected chi connectivity index (χ3v) is 5.47. The molecule has 1 atom stereocenters. The second-order valence-electron chi connectivity index (χ2n) is 5.22. The Hall–Kier alpha value is -1.41. The van der Waals surface area contributed by atoms with Gasteiger partial charge in [0.05, 0.1) is 24.1 Å². The van der Waals surface area contributed by atoms with Crippen molar-refractivity contribution in [3.8, 4) is 0 Å². The lowest BCUT2D eigenvalue weighted by atomic mass is 10.1. The molecule has 1 aliphatic rings. The fraction of sp³-hybridized carbons (Fsp3) is 0.667. The van der Waals surface area contributed by atoms with Crippen LogP contribution < -0.4 is 0 Å². The first kappa shape index (κ1) is 15.0. The van der Waals surface area contributed by atoms with E-state index in [1.807, 2.05) is 18.9 Å². The summed E-state index contributed by atoms with van der Waals surface area (Å²) in [6.07, 6.45) is 1.59. The Morgan fingerprint density at radius 2 is 2.25 bits per heavy atom. The molecule has 0 radical (unpaired) electrons. The molecule has 7 nitrogen and oxygen atoms in total. The Bertz CT molecular complexity index is 608. The first-order valence-corrected chi connectivity index (χ1v) is 8.24. The smallest absolute Gasteiger partial charge is 0.304 e. The Morgan fingerprint density at radius 3 is 2.80 bits per heavy atom. The first-order chi connectivity index (χ1) is 9.28. The molecule has 8 heteroatoms. The maximum Gasteiger partial charge on any atom is 0.304 e. The summed E-state index contributed by atoms with van der Waals surface area (Å²) in [4.78, 5) is 12.8. The molecule has 1 aliphatic heterocycles. The van der Waals surface area contributed by atoms with Crippen LogP contribution in [0.2, 0.25) is 0 Å². The minimum absolute atomic E-state index is 0.0847. The number of aliphatic carboxylic acids is 1. The summed E-state index contributed by atoms with van der Waals surface area (Å²) >= 11 is 0. The lowest BCUT2D eigenvalue weighted by Gasteiger charge is -2.34. The highest BCUT2D eigenvalue weighted by Crippen LogP contribution is 2.19. The summed E-state index contributed by atoms with van der Waals surface area (Å²) in [6, 6.07) is -0.467. The van der Waals surface area contributed by atoms with Gasteiger partial charge in [0.25, 0.3) is 0 Å². The van der Waals surface area contributed by atoms with Crippen LogP contribution in [0.3, 0.4) is 0 Å². The summed E-state index contributed by atoms with van der Waals surface area (Å²) in [7, 11) is -1.29. The molecule has 0 bridgehead atoms. The van der Waals surface area contributed by atoms with Gasteiger partial charge in [0.15, 0.2) is 9.84 Å². The van der Waals surface area contributed by atoms with Gasteiger partial charge in [0.2, 0.25) is 0 Å². The van der Waals surface area contributed by atoms with Crippen molar-refractivity contribution in [3.05, 3.63) is 17.5 Å². The van der Waals surface area contributed by atoms with Crippen LogP contribution >= 0.6 is 0 Å². The van der Waals surface area contributed by atoms with Crippen molar-refractivity contribution in [2.24, 2.45) is 7.05 Å². The second kappa shape index (κ2) is 5.53. The topological polar surface area (TPSA) is 92.5 Å². The lowest BCUT2D eigenvalue weighted by Crippen LogP contribution is -2.48. The maximum absolute atomic E-state index is 11.7. The molecule has 0 saturated carbocycles. The normalized spacial score (nSPS) is 22.8. The molecular formula is C12H19N3O4S. The summed E-state index contributed by atoms with van der Waals surface area (Å²) in [5.74, 6) is -0.971. The van der Waals surface area contributed by atoms with Crippen LogP contribution in [0.1, 0.15) is 17.7 Å². The molecule has 1 unspecified atom stereocenters. The predicted octanol–water partition coefficient (Wildman–Crippen LogP) is -0.198. The van der Waals surface area contributed by atoms with Crippen molar-refractivity contribution in [2.75, 3.05) is 18.1 Å². The fourth-order valence-corrected chi connectivity index (χ4v) is 4.03. The molecular weight excluding hydrogens is 282 g/mol. The number of hydrogen-bond acceptors (Lipinski definition) is 5. The highest BCUT2D eigenvalue weighted by atomic mass is 32.2. The number of aryl methyl sites for hydroxylation is 1. The Balaban J connectivity index is 2.16. The molecule has 0 spiro atoms. The van der Waals surface area contributed by atoms with Gasteiger partial charge >= 0.3 is 5.97 Å². The summed E-state index contributed by atoms with van der Waals surface area (Å²) in [5.41, 5.74) is 2.01. The van der Waals surface area contributed by atoms with Gasteiger partial charge in [-0.1, -0.05) is 0 Å². The number of carboxylic acid groups (broad SMARTS) is 1. The predicted molar refractivity (Wildman–Crippen MR) is 73.0 cm³/mol. The summed E-state index contributed by atoms with van der Waals surface area (Å²) < 4.78 is 25.1. The van der Waals surface area contributed by atoms with E-state index in [1.54, 1.807) is 10.9 Å². The van der Waals surface area contributed by atoms with E-state index in [1.165, 1.54) is 0 Å². The van der Waals surface area contributed by atoms with Crippen molar-refractivity contribution in [1.82, 2.24) is 14.7 Å². The van der Waals surface area contributed by atoms with E-state index >= 15 is 0 Å². The van der Waals surface area contributed by atoms with Gasteiger partial charge in [-0.25, -0.2) is 8.42 Å². The van der Waals surface area contributed by atoms with Crippen LogP contribution in [0.15, 0.2) is 6.20 Å². The van der Waals surface area contributed by atoms with E-state index in [0.717, 1.165) is 11.3 Å². The van der Waals surface area contributed by atoms with Crippen molar-refractivity contribution in [3.63, 3.8) is 0 Å². The minimum atomic E-state index is -3.13. The number of sulfone groups is 1. The van der Waals surface area contributed by atoms with Crippen LogP contribution in [0, 0.1) is 6.92 Å². The molecule has 1 saturated heterocycles. The monoisotopic (exact) mass is 301 g/mol. The van der Waals surface area contributed by atoms with Crippen molar-refractivity contribution >= 4 is 15.8 Å². The van der Waals surface area contributed by atoms with Crippen molar-refractivity contribution < 1.29 is 18.3 Å². The Labute approximate surface area is 118 Å². The van der Waals surface area contributed by atoms with Crippen LogP contribution in [-0.2, 0) is 28.2 Å². The molecule has 20 heavy (non-hydrogen) atoms. The molecule has 0 amide bonds. The molecule has 1 aromatic rings. The van der Waals surface area contributed by atoms with E-state index in [2.05, 4.69) is 5.10 Å². The SMILES string of the molecule is Cc1c(CN2CCS(=O)(=O)CC2CC(=O)O)cnn1C. The van der Waals surface area contributed by atoms with E-state index in [9.17, 15) is 13.2 Å². The first-order valence-electron chi connectivity index (χ1n) is 6.42. The largest absolute Gasteiger partial charge is 0.481 e. The molecule has 2 rings (SSSR count). The maximum atomic E-state index is 11.7. The number of carboxylic acids is 1. The van der Waals surface area contributed by atoms with Gasteiger partial charge in [0, 0.05) is 37.4 Å². The van der Waals surface area contributed by atoms with E-state index in [0.29, 0.717) is 13.1 Å². The Kier molecular flexibility index (Phi) is 4.14.